The number of rotatable bonds is 4. The molecular formula is C16H10Cl4N2O2. The van der Waals surface area contributed by atoms with Crippen LogP contribution in [0.2, 0.25) is 20.1 Å². The average molecular weight is 404 g/mol. The van der Waals surface area contributed by atoms with Crippen LogP contribution in [0.1, 0.15) is 20.7 Å². The minimum absolute atomic E-state index is 0.227. The van der Waals surface area contributed by atoms with Crippen LogP contribution in [-0.2, 0) is 0 Å². The molecule has 2 amide bonds. The Balaban J connectivity index is 1.94. The maximum atomic E-state index is 11.9. The van der Waals surface area contributed by atoms with E-state index in [0.29, 0.717) is 10.0 Å². The van der Waals surface area contributed by atoms with Crippen molar-refractivity contribution in [2.75, 3.05) is 0 Å². The second kappa shape index (κ2) is 8.40. The zero-order valence-corrected chi connectivity index (χ0v) is 15.0. The molecule has 0 aromatic heterocycles. The van der Waals surface area contributed by atoms with Crippen LogP contribution in [0.15, 0.2) is 48.8 Å². The highest BCUT2D eigenvalue weighted by atomic mass is 35.5. The summed E-state index contributed by atoms with van der Waals surface area (Å²) in [6.07, 6.45) is 2.55. The van der Waals surface area contributed by atoms with E-state index in [1.54, 1.807) is 12.1 Å². The summed E-state index contributed by atoms with van der Waals surface area (Å²) in [4.78, 5) is 23.9. The van der Waals surface area contributed by atoms with E-state index in [1.807, 2.05) is 0 Å². The van der Waals surface area contributed by atoms with E-state index in [0.717, 1.165) is 0 Å². The van der Waals surface area contributed by atoms with Gasteiger partial charge in [-0.25, -0.2) is 0 Å². The Hall–Kier alpha value is -1.72. The molecule has 0 radical (unpaired) electrons. The van der Waals surface area contributed by atoms with Gasteiger partial charge in [0.15, 0.2) is 0 Å². The minimum Gasteiger partial charge on any atom is -0.327 e. The molecule has 0 aliphatic carbocycles. The smallest absolute Gasteiger partial charge is 0.256 e. The van der Waals surface area contributed by atoms with Gasteiger partial charge in [0.25, 0.3) is 11.8 Å². The lowest BCUT2D eigenvalue weighted by atomic mass is 10.2. The second-order valence-electron chi connectivity index (χ2n) is 4.53. The maximum absolute atomic E-state index is 11.9. The number of nitrogens with one attached hydrogen (secondary N) is 2. The van der Waals surface area contributed by atoms with E-state index in [4.69, 9.17) is 46.4 Å². The number of carbonyl (C=O) groups is 2. The van der Waals surface area contributed by atoms with Gasteiger partial charge in [-0.2, -0.15) is 0 Å². The quantitative estimate of drug-likeness (QED) is 0.760. The molecule has 2 aromatic carbocycles. The molecule has 24 heavy (non-hydrogen) atoms. The van der Waals surface area contributed by atoms with Crippen LogP contribution >= 0.6 is 46.4 Å². The molecule has 0 atom stereocenters. The highest BCUT2D eigenvalue weighted by Gasteiger charge is 2.10. The van der Waals surface area contributed by atoms with Crippen molar-refractivity contribution in [3.8, 4) is 0 Å². The monoisotopic (exact) mass is 402 g/mol. The van der Waals surface area contributed by atoms with E-state index < -0.39 is 11.8 Å². The highest BCUT2D eigenvalue weighted by molar-refractivity contribution is 6.37. The van der Waals surface area contributed by atoms with E-state index >= 15 is 0 Å². The number of hydrogen-bond donors (Lipinski definition) is 2. The Bertz CT molecular complexity index is 754. The fourth-order valence-electron chi connectivity index (χ4n) is 1.74. The van der Waals surface area contributed by atoms with Gasteiger partial charge in [0.05, 0.1) is 21.2 Å². The Labute approximate surface area is 158 Å². The molecule has 0 aliphatic rings. The van der Waals surface area contributed by atoms with Crippen molar-refractivity contribution in [2.45, 2.75) is 0 Å². The zero-order valence-electron chi connectivity index (χ0n) is 11.9. The Kier molecular flexibility index (Phi) is 6.52. The van der Waals surface area contributed by atoms with Crippen LogP contribution < -0.4 is 10.6 Å². The summed E-state index contributed by atoms with van der Waals surface area (Å²) in [5.41, 5.74) is 0.524. The van der Waals surface area contributed by atoms with Crippen molar-refractivity contribution < 1.29 is 9.59 Å². The normalized spacial score (nSPS) is 10.7. The molecule has 2 aromatic rings. The van der Waals surface area contributed by atoms with Gasteiger partial charge in [-0.05, 0) is 36.4 Å². The Morgan fingerprint density at radius 3 is 1.42 bits per heavy atom. The molecule has 0 unspecified atom stereocenters. The van der Waals surface area contributed by atoms with Gasteiger partial charge in [0, 0.05) is 22.4 Å². The van der Waals surface area contributed by atoms with Crippen molar-refractivity contribution in [3.05, 3.63) is 80.0 Å². The minimum atomic E-state index is -0.438. The Morgan fingerprint density at radius 2 is 1.08 bits per heavy atom. The molecule has 2 rings (SSSR count). The second-order valence-corrected chi connectivity index (χ2v) is 6.22. The first kappa shape index (κ1) is 18.6. The Morgan fingerprint density at radius 1 is 0.708 bits per heavy atom. The standard InChI is InChI=1S/C16H10Cl4N2O2/c17-9-1-3-11(13(19)7-9)15(23)21-5-6-22-16(24)12-4-2-10(18)8-14(12)20/h1-8H,(H,21,23)(H,22,24)/b6-5+. The largest absolute Gasteiger partial charge is 0.327 e. The SMILES string of the molecule is O=C(N/C=C/NC(=O)c1ccc(Cl)cc1Cl)c1ccc(Cl)cc1Cl. The molecule has 0 fully saturated rings. The summed E-state index contributed by atoms with van der Waals surface area (Å²) in [6.45, 7) is 0. The van der Waals surface area contributed by atoms with Crippen LogP contribution in [0.25, 0.3) is 0 Å². The molecule has 0 heterocycles. The number of benzene rings is 2. The van der Waals surface area contributed by atoms with Gasteiger partial charge in [-0.3, -0.25) is 9.59 Å². The average Bonchev–Trinajstić information content (AvgIpc) is 2.51. The van der Waals surface area contributed by atoms with Gasteiger partial charge in [-0.15, -0.1) is 0 Å². The zero-order chi connectivity index (χ0) is 17.7. The number of carbonyl (C=O) groups excluding carboxylic acids is 2. The summed E-state index contributed by atoms with van der Waals surface area (Å²) in [5, 5.41) is 6.26. The van der Waals surface area contributed by atoms with Crippen LogP contribution in [0, 0.1) is 0 Å². The highest BCUT2D eigenvalue weighted by Crippen LogP contribution is 2.21. The van der Waals surface area contributed by atoms with Crippen molar-refractivity contribution in [1.29, 1.82) is 0 Å². The maximum Gasteiger partial charge on any atom is 0.256 e. The molecular weight excluding hydrogens is 394 g/mol. The van der Waals surface area contributed by atoms with Crippen molar-refractivity contribution in [2.24, 2.45) is 0 Å². The van der Waals surface area contributed by atoms with E-state index in [2.05, 4.69) is 10.6 Å². The lowest BCUT2D eigenvalue weighted by Crippen LogP contribution is -2.21. The van der Waals surface area contributed by atoms with Crippen molar-refractivity contribution in [1.82, 2.24) is 10.6 Å². The van der Waals surface area contributed by atoms with Crippen LogP contribution in [0.5, 0.6) is 0 Å². The number of halogens is 4. The first-order chi connectivity index (χ1) is 11.4. The third-order valence-electron chi connectivity index (χ3n) is 2.86. The fraction of sp³-hybridized carbons (Fsp3) is 0. The number of amides is 2. The van der Waals surface area contributed by atoms with Gasteiger partial charge >= 0.3 is 0 Å². The summed E-state index contributed by atoms with van der Waals surface area (Å²) in [5.74, 6) is -0.876. The van der Waals surface area contributed by atoms with Crippen LogP contribution in [0.4, 0.5) is 0 Å². The first-order valence-corrected chi connectivity index (χ1v) is 8.06. The predicted octanol–water partition coefficient (Wildman–Crippen LogP) is 4.93. The molecule has 0 aliphatic heterocycles. The van der Waals surface area contributed by atoms with Crippen molar-refractivity contribution in [3.63, 3.8) is 0 Å². The topological polar surface area (TPSA) is 58.2 Å². The van der Waals surface area contributed by atoms with Gasteiger partial charge in [0.2, 0.25) is 0 Å². The lowest BCUT2D eigenvalue weighted by molar-refractivity contribution is 0.0956. The van der Waals surface area contributed by atoms with Crippen LogP contribution in [-0.4, -0.2) is 11.8 Å². The molecule has 4 nitrogen and oxygen atoms in total. The molecule has 124 valence electrons. The molecule has 2 N–H and O–H groups in total. The first-order valence-electron chi connectivity index (χ1n) is 6.55. The molecule has 0 spiro atoms. The fourth-order valence-corrected chi connectivity index (χ4v) is 2.73. The molecule has 0 saturated heterocycles. The van der Waals surface area contributed by atoms with Gasteiger partial charge in [-0.1, -0.05) is 46.4 Å². The van der Waals surface area contributed by atoms with E-state index in [-0.39, 0.29) is 21.2 Å². The van der Waals surface area contributed by atoms with Crippen LogP contribution in [0.3, 0.4) is 0 Å². The van der Waals surface area contributed by atoms with E-state index in [1.165, 1.54) is 36.7 Å². The summed E-state index contributed by atoms with van der Waals surface area (Å²) < 4.78 is 0. The lowest BCUT2D eigenvalue weighted by Gasteiger charge is -2.05. The number of hydrogen-bond acceptors (Lipinski definition) is 2. The molecule has 0 bridgehead atoms. The summed E-state index contributed by atoms with van der Waals surface area (Å²) in [7, 11) is 0. The van der Waals surface area contributed by atoms with Gasteiger partial charge < -0.3 is 10.6 Å². The predicted molar refractivity (Wildman–Crippen MR) is 97.0 cm³/mol. The molecule has 0 saturated carbocycles. The molecule has 8 heteroatoms. The summed E-state index contributed by atoms with van der Waals surface area (Å²) >= 11 is 23.4. The third-order valence-corrected chi connectivity index (χ3v) is 3.96. The van der Waals surface area contributed by atoms with Gasteiger partial charge in [0.1, 0.15) is 0 Å². The van der Waals surface area contributed by atoms with Crippen molar-refractivity contribution >= 4 is 58.2 Å². The summed E-state index contributed by atoms with van der Waals surface area (Å²) in [6, 6.07) is 9.03. The third kappa shape index (κ3) is 4.89. The van der Waals surface area contributed by atoms with E-state index in [9.17, 15) is 9.59 Å².